The molecule has 2 heterocycles. The minimum Gasteiger partial charge on any atom is -0.461 e. The first-order valence-electron chi connectivity index (χ1n) is 10.7. The van der Waals surface area contributed by atoms with Gasteiger partial charge in [-0.2, -0.15) is 5.10 Å². The van der Waals surface area contributed by atoms with Crippen LogP contribution in [-0.2, 0) is 20.1 Å². The molecule has 0 fully saturated rings. The summed E-state index contributed by atoms with van der Waals surface area (Å²) in [6, 6.07) is 34.1. The van der Waals surface area contributed by atoms with Crippen molar-refractivity contribution >= 4 is 11.1 Å². The van der Waals surface area contributed by atoms with Crippen LogP contribution in [0, 0.1) is 13.0 Å². The Kier molecular flexibility index (Phi) is 5.93. The van der Waals surface area contributed by atoms with E-state index in [4.69, 9.17) is 4.42 Å². The third-order valence-electron chi connectivity index (χ3n) is 5.68. The van der Waals surface area contributed by atoms with Gasteiger partial charge < -0.3 is 8.98 Å². The van der Waals surface area contributed by atoms with Crippen molar-refractivity contribution in [1.82, 2.24) is 19.7 Å². The predicted octanol–water partition coefficient (Wildman–Crippen LogP) is 6.52. The topological polar surface area (TPSA) is 56.7 Å². The van der Waals surface area contributed by atoms with Crippen LogP contribution < -0.4 is 0 Å². The van der Waals surface area contributed by atoms with Crippen LogP contribution in [0.2, 0.25) is 0 Å². The van der Waals surface area contributed by atoms with Gasteiger partial charge in [-0.05, 0) is 11.1 Å². The molecule has 167 valence electrons. The van der Waals surface area contributed by atoms with E-state index in [-0.39, 0.29) is 20.1 Å². The number of aromatic nitrogens is 4. The first kappa shape index (κ1) is 22.0. The summed E-state index contributed by atoms with van der Waals surface area (Å²) in [4.78, 5) is 4.59. The maximum atomic E-state index is 5.75. The van der Waals surface area contributed by atoms with Gasteiger partial charge in [0, 0.05) is 43.7 Å². The van der Waals surface area contributed by atoms with Crippen molar-refractivity contribution in [3.05, 3.63) is 109 Å². The van der Waals surface area contributed by atoms with Crippen molar-refractivity contribution in [2.24, 2.45) is 0 Å². The third-order valence-corrected chi connectivity index (χ3v) is 5.68. The third kappa shape index (κ3) is 3.77. The Bertz CT molecular complexity index is 1510. The molecule has 4 aromatic carbocycles. The summed E-state index contributed by atoms with van der Waals surface area (Å²) in [6.07, 6.45) is 1.75. The summed E-state index contributed by atoms with van der Waals surface area (Å²) in [6.45, 7) is 1.84. The second-order valence-corrected chi connectivity index (χ2v) is 7.76. The molecule has 6 rings (SSSR count). The second kappa shape index (κ2) is 9.18. The quantitative estimate of drug-likeness (QED) is 0.211. The summed E-state index contributed by atoms with van der Waals surface area (Å²) in [5.74, 6) is 1.26. The SMILES string of the molecule is Cc1nc2c(-c3nncn3-c3c(-c4ccccc4)cccc3-c3ccccc3)[c-]ccc2o1.[Ir]. The van der Waals surface area contributed by atoms with Crippen molar-refractivity contribution in [2.75, 3.05) is 0 Å². The fourth-order valence-electron chi connectivity index (χ4n) is 4.25. The second-order valence-electron chi connectivity index (χ2n) is 7.76. The zero-order chi connectivity index (χ0) is 22.2. The average Bonchev–Trinajstić information content (AvgIpc) is 3.50. The van der Waals surface area contributed by atoms with Gasteiger partial charge in [0.2, 0.25) is 0 Å². The van der Waals surface area contributed by atoms with Crippen LogP contribution in [0.3, 0.4) is 0 Å². The molecule has 0 spiro atoms. The normalized spacial score (nSPS) is 10.9. The molecule has 34 heavy (non-hydrogen) atoms. The molecule has 0 unspecified atom stereocenters. The van der Waals surface area contributed by atoms with Gasteiger partial charge in [-0.15, -0.1) is 17.2 Å². The molecular weight excluding hydrogens is 601 g/mol. The van der Waals surface area contributed by atoms with Crippen molar-refractivity contribution in [2.45, 2.75) is 6.92 Å². The monoisotopic (exact) mass is 620 g/mol. The minimum absolute atomic E-state index is 0. The van der Waals surface area contributed by atoms with Gasteiger partial charge in [-0.25, -0.2) is 0 Å². The van der Waals surface area contributed by atoms with Crippen molar-refractivity contribution in [3.63, 3.8) is 0 Å². The van der Waals surface area contributed by atoms with Gasteiger partial charge in [0.1, 0.15) is 6.33 Å². The smallest absolute Gasteiger partial charge is 0.180 e. The van der Waals surface area contributed by atoms with E-state index in [9.17, 15) is 0 Å². The molecule has 2 aromatic heterocycles. The van der Waals surface area contributed by atoms with E-state index >= 15 is 0 Å². The van der Waals surface area contributed by atoms with E-state index in [0.29, 0.717) is 17.3 Å². The number of benzene rings is 4. The maximum Gasteiger partial charge on any atom is 0.180 e. The van der Waals surface area contributed by atoms with E-state index in [1.807, 2.05) is 60.0 Å². The van der Waals surface area contributed by atoms with Crippen molar-refractivity contribution in [3.8, 4) is 39.3 Å². The Morgan fingerprint density at radius 1 is 0.794 bits per heavy atom. The van der Waals surface area contributed by atoms with Crippen molar-refractivity contribution < 1.29 is 24.5 Å². The molecule has 0 amide bonds. The Balaban J connectivity index is 0.00000241. The fraction of sp³-hybridized carbons (Fsp3) is 0.0357. The Morgan fingerprint density at radius 2 is 1.44 bits per heavy atom. The molecule has 0 atom stereocenters. The number of para-hydroxylation sites is 1. The average molecular weight is 620 g/mol. The number of hydrogen-bond acceptors (Lipinski definition) is 4. The van der Waals surface area contributed by atoms with Gasteiger partial charge in [-0.1, -0.05) is 90.5 Å². The zero-order valence-corrected chi connectivity index (χ0v) is 20.7. The van der Waals surface area contributed by atoms with Crippen LogP contribution in [0.4, 0.5) is 0 Å². The number of fused-ring (bicyclic) bond motifs is 1. The summed E-state index contributed by atoms with van der Waals surface area (Å²) in [7, 11) is 0. The first-order valence-corrected chi connectivity index (χ1v) is 10.7. The number of oxazole rings is 1. The first-order chi connectivity index (χ1) is 16.3. The Labute approximate surface area is 210 Å². The molecule has 0 aliphatic heterocycles. The number of aryl methyl sites for hydroxylation is 1. The van der Waals surface area contributed by atoms with E-state index < -0.39 is 0 Å². The van der Waals surface area contributed by atoms with Gasteiger partial charge in [0.05, 0.1) is 17.1 Å². The molecule has 6 aromatic rings. The summed E-state index contributed by atoms with van der Waals surface area (Å²) >= 11 is 0. The Morgan fingerprint density at radius 3 is 2.09 bits per heavy atom. The number of rotatable bonds is 4. The molecule has 0 bridgehead atoms. The zero-order valence-electron chi connectivity index (χ0n) is 18.3. The predicted molar refractivity (Wildman–Crippen MR) is 129 cm³/mol. The number of nitrogens with zero attached hydrogens (tertiary/aromatic N) is 4. The summed E-state index contributed by atoms with van der Waals surface area (Å²) in [5, 5.41) is 8.78. The summed E-state index contributed by atoms with van der Waals surface area (Å²) < 4.78 is 7.78. The standard InChI is InChI=1S/C28H19N4O.Ir/c1-19-30-26-24(16-9-17-25(26)33-19)28-31-29-18-32(28)27-22(20-10-4-2-5-11-20)14-8-15-23(27)21-12-6-3-7-13-21;/h2-15,17-18H,1H3;/q-1;. The molecule has 1 radical (unpaired) electrons. The van der Waals surface area contributed by atoms with Crippen LogP contribution in [0.25, 0.3) is 50.4 Å². The minimum atomic E-state index is 0. The maximum absolute atomic E-state index is 5.75. The van der Waals surface area contributed by atoms with Gasteiger partial charge in [-0.3, -0.25) is 4.98 Å². The van der Waals surface area contributed by atoms with Gasteiger partial charge in [0.25, 0.3) is 0 Å². The molecule has 0 aliphatic carbocycles. The molecule has 6 heteroatoms. The molecule has 5 nitrogen and oxygen atoms in total. The van der Waals surface area contributed by atoms with Crippen LogP contribution in [-0.4, -0.2) is 19.7 Å². The Hall–Kier alpha value is -3.86. The van der Waals surface area contributed by atoms with Crippen molar-refractivity contribution in [1.29, 1.82) is 0 Å². The van der Waals surface area contributed by atoms with E-state index in [1.165, 1.54) is 0 Å². The molecular formula is C28H19IrN4O-. The summed E-state index contributed by atoms with van der Waals surface area (Å²) in [5.41, 5.74) is 7.58. The number of hydrogen-bond donors (Lipinski definition) is 0. The molecule has 0 saturated carbocycles. The van der Waals surface area contributed by atoms with Crippen LogP contribution >= 0.6 is 0 Å². The molecule has 0 aliphatic rings. The van der Waals surface area contributed by atoms with Gasteiger partial charge in [0.15, 0.2) is 5.89 Å². The van der Waals surface area contributed by atoms with E-state index in [1.54, 1.807) is 6.33 Å². The van der Waals surface area contributed by atoms with Crippen LogP contribution in [0.5, 0.6) is 0 Å². The fourth-order valence-corrected chi connectivity index (χ4v) is 4.25. The molecule has 0 saturated heterocycles. The van der Waals surface area contributed by atoms with Crippen LogP contribution in [0.1, 0.15) is 5.89 Å². The van der Waals surface area contributed by atoms with Crippen LogP contribution in [0.15, 0.2) is 102 Å². The van der Waals surface area contributed by atoms with E-state index in [0.717, 1.165) is 39.0 Å². The molecule has 0 N–H and O–H groups in total. The van der Waals surface area contributed by atoms with Gasteiger partial charge >= 0.3 is 0 Å². The largest absolute Gasteiger partial charge is 0.461 e. The van der Waals surface area contributed by atoms with E-state index in [2.05, 4.69) is 63.7 Å².